The first-order valence-corrected chi connectivity index (χ1v) is 4.70. The maximum Gasteiger partial charge on any atom is -0.0117 e. The van der Waals surface area contributed by atoms with Crippen LogP contribution in [0.4, 0.5) is 0 Å². The van der Waals surface area contributed by atoms with Crippen molar-refractivity contribution in [1.29, 1.82) is 0 Å². The summed E-state index contributed by atoms with van der Waals surface area (Å²) in [6.45, 7) is 8.70. The number of benzene rings is 1. The molecular weight excluding hydrogens is 144 g/mol. The van der Waals surface area contributed by atoms with E-state index in [0.29, 0.717) is 0 Å². The molecule has 1 aromatic rings. The van der Waals surface area contributed by atoms with Gasteiger partial charge in [-0.15, -0.1) is 0 Å². The molecule has 0 aliphatic carbocycles. The van der Waals surface area contributed by atoms with Crippen molar-refractivity contribution < 1.29 is 0 Å². The fraction of sp³-hybridized carbons (Fsp3) is 0.500. The summed E-state index contributed by atoms with van der Waals surface area (Å²) in [6, 6.07) is 5.62. The van der Waals surface area contributed by atoms with Crippen molar-refractivity contribution >= 4 is 0 Å². The van der Waals surface area contributed by atoms with Crippen molar-refractivity contribution in [1.82, 2.24) is 0 Å². The maximum absolute atomic E-state index is 3.36. The van der Waals surface area contributed by atoms with Gasteiger partial charge in [0.05, 0.1) is 0 Å². The van der Waals surface area contributed by atoms with Crippen LogP contribution in [0, 0.1) is 19.9 Å². The summed E-state index contributed by atoms with van der Waals surface area (Å²) in [4.78, 5) is 0. The first-order chi connectivity index (χ1) is 5.69. The van der Waals surface area contributed by atoms with Crippen LogP contribution in [0.5, 0.6) is 0 Å². The summed E-state index contributed by atoms with van der Waals surface area (Å²) >= 11 is 0. The zero-order chi connectivity index (χ0) is 9.14. The van der Waals surface area contributed by atoms with Crippen LogP contribution in [0.2, 0.25) is 0 Å². The van der Waals surface area contributed by atoms with Crippen LogP contribution in [0.3, 0.4) is 0 Å². The number of rotatable bonds is 2. The fourth-order valence-corrected chi connectivity index (χ4v) is 1.80. The molecule has 0 nitrogen and oxygen atoms in total. The fourth-order valence-electron chi connectivity index (χ4n) is 1.80. The van der Waals surface area contributed by atoms with Gasteiger partial charge in [-0.3, -0.25) is 0 Å². The minimum absolute atomic E-state index is 1.13. The zero-order valence-corrected chi connectivity index (χ0v) is 8.49. The van der Waals surface area contributed by atoms with E-state index < -0.39 is 0 Å². The summed E-state index contributed by atoms with van der Waals surface area (Å²) in [5.74, 6) is 0. The van der Waals surface area contributed by atoms with Gasteiger partial charge in [0, 0.05) is 0 Å². The van der Waals surface area contributed by atoms with Gasteiger partial charge in [-0.2, -0.15) is 0 Å². The Labute approximate surface area is 75.6 Å². The second-order valence-electron chi connectivity index (χ2n) is 3.29. The van der Waals surface area contributed by atoms with Gasteiger partial charge in [0.2, 0.25) is 0 Å². The van der Waals surface area contributed by atoms with Crippen molar-refractivity contribution in [3.63, 3.8) is 0 Å². The van der Waals surface area contributed by atoms with Crippen molar-refractivity contribution in [2.24, 2.45) is 0 Å². The summed E-state index contributed by atoms with van der Waals surface area (Å²) in [5, 5.41) is 0. The third kappa shape index (κ3) is 1.69. The maximum atomic E-state index is 3.36. The monoisotopic (exact) mass is 161 g/mol. The molecule has 0 aromatic heterocycles. The molecule has 0 fully saturated rings. The van der Waals surface area contributed by atoms with Crippen molar-refractivity contribution in [2.75, 3.05) is 0 Å². The van der Waals surface area contributed by atoms with Crippen molar-refractivity contribution in [3.05, 3.63) is 34.4 Å². The van der Waals surface area contributed by atoms with Crippen molar-refractivity contribution in [2.45, 2.75) is 40.5 Å². The van der Waals surface area contributed by atoms with Crippen LogP contribution >= 0.6 is 0 Å². The van der Waals surface area contributed by atoms with E-state index in [1.165, 1.54) is 22.3 Å². The van der Waals surface area contributed by atoms with E-state index >= 15 is 0 Å². The third-order valence-corrected chi connectivity index (χ3v) is 2.35. The quantitative estimate of drug-likeness (QED) is 0.624. The van der Waals surface area contributed by atoms with Crippen LogP contribution in [-0.4, -0.2) is 0 Å². The van der Waals surface area contributed by atoms with Crippen molar-refractivity contribution in [3.8, 4) is 0 Å². The highest BCUT2D eigenvalue weighted by molar-refractivity contribution is 5.37. The molecule has 1 rings (SSSR count). The Kier molecular flexibility index (Phi) is 2.91. The Morgan fingerprint density at radius 2 is 1.83 bits per heavy atom. The highest BCUT2D eigenvalue weighted by Crippen LogP contribution is 2.17. The predicted octanol–water partition coefficient (Wildman–Crippen LogP) is 3.23. The lowest BCUT2D eigenvalue weighted by Crippen LogP contribution is -1.96. The predicted molar refractivity (Wildman–Crippen MR) is 53.5 cm³/mol. The van der Waals surface area contributed by atoms with Crippen LogP contribution in [0.1, 0.15) is 36.1 Å². The standard InChI is InChI=1S/C12H17/c1-5-11-8-9(3)7-10(4)12(11)6-2/h8H,5-6H2,1-4H3. The summed E-state index contributed by atoms with van der Waals surface area (Å²) in [5.41, 5.74) is 5.57. The van der Waals surface area contributed by atoms with E-state index in [9.17, 15) is 0 Å². The molecule has 0 unspecified atom stereocenters. The highest BCUT2D eigenvalue weighted by atomic mass is 14.1. The first kappa shape index (κ1) is 9.31. The van der Waals surface area contributed by atoms with Crippen LogP contribution in [0.25, 0.3) is 0 Å². The summed E-state index contributed by atoms with van der Waals surface area (Å²) < 4.78 is 0. The summed E-state index contributed by atoms with van der Waals surface area (Å²) in [6.07, 6.45) is 2.27. The van der Waals surface area contributed by atoms with Gasteiger partial charge >= 0.3 is 0 Å². The second-order valence-corrected chi connectivity index (χ2v) is 3.29. The number of hydrogen-bond acceptors (Lipinski definition) is 0. The number of aryl methyl sites for hydroxylation is 3. The minimum atomic E-state index is 1.13. The van der Waals surface area contributed by atoms with Gasteiger partial charge in [-0.25, -0.2) is 0 Å². The average molecular weight is 161 g/mol. The van der Waals surface area contributed by atoms with Gasteiger partial charge in [-0.05, 0) is 55.0 Å². The molecular formula is C12H17. The first-order valence-electron chi connectivity index (χ1n) is 4.70. The molecule has 0 saturated carbocycles. The van der Waals surface area contributed by atoms with Gasteiger partial charge < -0.3 is 0 Å². The van der Waals surface area contributed by atoms with Crippen LogP contribution < -0.4 is 0 Å². The van der Waals surface area contributed by atoms with Crippen LogP contribution in [0.15, 0.2) is 6.07 Å². The SMILES string of the molecule is CCc1cc(C)[c]c(C)c1CC. The van der Waals surface area contributed by atoms with Crippen LogP contribution in [-0.2, 0) is 12.8 Å². The molecule has 0 aliphatic rings. The molecule has 1 radical (unpaired) electrons. The molecule has 0 spiro atoms. The molecule has 0 bridgehead atoms. The Morgan fingerprint density at radius 1 is 1.17 bits per heavy atom. The lowest BCUT2D eigenvalue weighted by atomic mass is 9.96. The highest BCUT2D eigenvalue weighted by Gasteiger charge is 2.02. The Hall–Kier alpha value is -0.780. The van der Waals surface area contributed by atoms with E-state index in [0.717, 1.165) is 12.8 Å². The molecule has 0 heteroatoms. The van der Waals surface area contributed by atoms with Gasteiger partial charge in [0.1, 0.15) is 0 Å². The molecule has 0 heterocycles. The molecule has 12 heavy (non-hydrogen) atoms. The normalized spacial score (nSPS) is 10.3. The Balaban J connectivity index is 3.24. The number of hydrogen-bond donors (Lipinski definition) is 0. The molecule has 0 N–H and O–H groups in total. The molecule has 0 aliphatic heterocycles. The lowest BCUT2D eigenvalue weighted by molar-refractivity contribution is 1.01. The van der Waals surface area contributed by atoms with Gasteiger partial charge in [0.25, 0.3) is 0 Å². The van der Waals surface area contributed by atoms with Gasteiger partial charge in [0.15, 0.2) is 0 Å². The van der Waals surface area contributed by atoms with E-state index in [1.807, 2.05) is 0 Å². The smallest absolute Gasteiger partial charge is 0.0117 e. The van der Waals surface area contributed by atoms with E-state index in [2.05, 4.69) is 39.8 Å². The van der Waals surface area contributed by atoms with E-state index in [4.69, 9.17) is 0 Å². The minimum Gasteiger partial charge on any atom is -0.0613 e. The Bertz CT molecular complexity index is 272. The average Bonchev–Trinajstić information content (AvgIpc) is 2.03. The molecule has 0 amide bonds. The molecule has 1 aromatic carbocycles. The zero-order valence-electron chi connectivity index (χ0n) is 8.49. The molecule has 0 saturated heterocycles. The van der Waals surface area contributed by atoms with E-state index in [-0.39, 0.29) is 0 Å². The second kappa shape index (κ2) is 3.75. The lowest BCUT2D eigenvalue weighted by Gasteiger charge is -2.10. The third-order valence-electron chi connectivity index (χ3n) is 2.35. The summed E-state index contributed by atoms with van der Waals surface area (Å²) in [7, 11) is 0. The Morgan fingerprint density at radius 3 is 2.33 bits per heavy atom. The van der Waals surface area contributed by atoms with Gasteiger partial charge in [-0.1, -0.05) is 19.9 Å². The largest absolute Gasteiger partial charge is 0.0613 e. The van der Waals surface area contributed by atoms with E-state index in [1.54, 1.807) is 0 Å². The molecule has 0 atom stereocenters. The molecule has 65 valence electrons. The topological polar surface area (TPSA) is 0 Å².